The number of aliphatic hydroxyl groups excluding tert-OH is 1. The summed E-state index contributed by atoms with van der Waals surface area (Å²) in [6, 6.07) is -4.42. The van der Waals surface area contributed by atoms with Crippen LogP contribution in [0, 0.1) is 11.8 Å². The molecule has 0 aromatic rings. The minimum absolute atomic E-state index is 0.120. The largest absolute Gasteiger partial charge is 0.480 e. The van der Waals surface area contributed by atoms with Crippen LogP contribution in [0.2, 0.25) is 0 Å². The molecule has 28 heavy (non-hydrogen) atoms. The number of hydrogen-bond donors (Lipinski definition) is 7. The molecule has 0 fully saturated rings. The SMILES string of the molecule is CCC(C)C(N)C(=O)NC(CO)C(=O)NC(C(=O)NC(CS)C(=O)O)C(C)C. The molecule has 5 unspecified atom stereocenters. The van der Waals surface area contributed by atoms with Crippen LogP contribution in [0.5, 0.6) is 0 Å². The van der Waals surface area contributed by atoms with Gasteiger partial charge in [0.2, 0.25) is 17.7 Å². The molecule has 162 valence electrons. The zero-order valence-corrected chi connectivity index (χ0v) is 17.5. The van der Waals surface area contributed by atoms with Crippen molar-refractivity contribution < 1.29 is 29.4 Å². The van der Waals surface area contributed by atoms with Gasteiger partial charge in [-0.25, -0.2) is 4.79 Å². The van der Waals surface area contributed by atoms with Gasteiger partial charge in [0.25, 0.3) is 0 Å². The van der Waals surface area contributed by atoms with E-state index in [1.54, 1.807) is 20.8 Å². The van der Waals surface area contributed by atoms with Gasteiger partial charge in [0, 0.05) is 5.75 Å². The van der Waals surface area contributed by atoms with E-state index in [1.807, 2.05) is 6.92 Å². The van der Waals surface area contributed by atoms with Gasteiger partial charge in [-0.15, -0.1) is 0 Å². The lowest BCUT2D eigenvalue weighted by atomic mass is 9.99. The van der Waals surface area contributed by atoms with Crippen LogP contribution in [-0.4, -0.2) is 70.4 Å². The molecule has 7 N–H and O–H groups in total. The molecule has 0 aliphatic heterocycles. The molecular formula is C17H32N4O6S. The van der Waals surface area contributed by atoms with E-state index in [0.29, 0.717) is 6.42 Å². The van der Waals surface area contributed by atoms with Crippen molar-refractivity contribution in [3.8, 4) is 0 Å². The average Bonchev–Trinajstić information content (AvgIpc) is 2.65. The van der Waals surface area contributed by atoms with Crippen molar-refractivity contribution >= 4 is 36.3 Å². The second-order valence-corrected chi connectivity index (χ2v) is 7.33. The van der Waals surface area contributed by atoms with Gasteiger partial charge in [-0.2, -0.15) is 12.6 Å². The summed E-state index contributed by atoms with van der Waals surface area (Å²) in [6.07, 6.45) is 0.663. The molecule has 0 bridgehead atoms. The van der Waals surface area contributed by atoms with Crippen LogP contribution in [-0.2, 0) is 19.2 Å². The smallest absolute Gasteiger partial charge is 0.327 e. The van der Waals surface area contributed by atoms with Crippen LogP contribution in [0.1, 0.15) is 34.1 Å². The van der Waals surface area contributed by atoms with Gasteiger partial charge in [0.1, 0.15) is 18.1 Å². The molecule has 5 atom stereocenters. The van der Waals surface area contributed by atoms with Gasteiger partial charge in [-0.3, -0.25) is 14.4 Å². The second-order valence-electron chi connectivity index (χ2n) is 6.97. The van der Waals surface area contributed by atoms with Crippen LogP contribution >= 0.6 is 12.6 Å². The van der Waals surface area contributed by atoms with Crippen LogP contribution < -0.4 is 21.7 Å². The fraction of sp³-hybridized carbons (Fsp3) is 0.765. The number of amides is 3. The molecule has 0 aliphatic carbocycles. The topological polar surface area (TPSA) is 171 Å². The highest BCUT2D eigenvalue weighted by molar-refractivity contribution is 7.80. The predicted molar refractivity (Wildman–Crippen MR) is 107 cm³/mol. The number of carbonyl (C=O) groups excluding carboxylic acids is 3. The molecule has 0 radical (unpaired) electrons. The van der Waals surface area contributed by atoms with E-state index in [2.05, 4.69) is 28.6 Å². The van der Waals surface area contributed by atoms with E-state index in [1.165, 1.54) is 0 Å². The lowest BCUT2D eigenvalue weighted by Crippen LogP contribution is -2.59. The quantitative estimate of drug-likeness (QED) is 0.188. The Kier molecular flexibility index (Phi) is 11.7. The fourth-order valence-electron chi connectivity index (χ4n) is 2.21. The Balaban J connectivity index is 5.12. The monoisotopic (exact) mass is 420 g/mol. The molecule has 0 aliphatic rings. The summed E-state index contributed by atoms with van der Waals surface area (Å²) in [4.78, 5) is 48.0. The van der Waals surface area contributed by atoms with E-state index in [-0.39, 0.29) is 17.6 Å². The number of aliphatic hydroxyl groups is 1. The average molecular weight is 421 g/mol. The van der Waals surface area contributed by atoms with Gasteiger partial charge >= 0.3 is 5.97 Å². The van der Waals surface area contributed by atoms with Gasteiger partial charge in [0.15, 0.2) is 0 Å². The molecule has 3 amide bonds. The Hall–Kier alpha value is -1.85. The highest BCUT2D eigenvalue weighted by atomic mass is 32.1. The number of nitrogens with one attached hydrogen (secondary N) is 3. The maximum Gasteiger partial charge on any atom is 0.327 e. The minimum Gasteiger partial charge on any atom is -0.480 e. The predicted octanol–water partition coefficient (Wildman–Crippen LogP) is -1.52. The molecule has 11 heteroatoms. The number of aliphatic carboxylic acids is 1. The van der Waals surface area contributed by atoms with Crippen LogP contribution in [0.4, 0.5) is 0 Å². The molecule has 10 nitrogen and oxygen atoms in total. The van der Waals surface area contributed by atoms with Crippen molar-refractivity contribution in [2.75, 3.05) is 12.4 Å². The van der Waals surface area contributed by atoms with Crippen molar-refractivity contribution in [2.24, 2.45) is 17.6 Å². The number of thiol groups is 1. The first-order valence-electron chi connectivity index (χ1n) is 9.11. The summed E-state index contributed by atoms with van der Waals surface area (Å²) in [5, 5.41) is 25.6. The summed E-state index contributed by atoms with van der Waals surface area (Å²) < 4.78 is 0. The molecule has 0 saturated heterocycles. The Morgan fingerprint density at radius 3 is 1.89 bits per heavy atom. The molecule has 0 aromatic heterocycles. The summed E-state index contributed by atoms with van der Waals surface area (Å²) in [5.41, 5.74) is 5.82. The van der Waals surface area contributed by atoms with Gasteiger partial charge in [-0.05, 0) is 11.8 Å². The van der Waals surface area contributed by atoms with Crippen molar-refractivity contribution in [2.45, 2.75) is 58.3 Å². The van der Waals surface area contributed by atoms with Crippen LogP contribution in [0.3, 0.4) is 0 Å². The molecule has 0 heterocycles. The third-order valence-corrected chi connectivity index (χ3v) is 4.78. The number of hydrogen-bond acceptors (Lipinski definition) is 7. The van der Waals surface area contributed by atoms with Gasteiger partial charge in [0.05, 0.1) is 12.6 Å². The van der Waals surface area contributed by atoms with E-state index in [4.69, 9.17) is 10.8 Å². The molecular weight excluding hydrogens is 388 g/mol. The summed E-state index contributed by atoms with van der Waals surface area (Å²) in [5.74, 6) is -3.95. The Labute approximate surface area is 170 Å². The first-order valence-corrected chi connectivity index (χ1v) is 9.74. The Morgan fingerprint density at radius 1 is 0.964 bits per heavy atom. The van der Waals surface area contributed by atoms with E-state index >= 15 is 0 Å². The Morgan fingerprint density at radius 2 is 1.50 bits per heavy atom. The Bertz CT molecular complexity index is 560. The van der Waals surface area contributed by atoms with E-state index < -0.39 is 54.5 Å². The van der Waals surface area contributed by atoms with Gasteiger partial charge in [-0.1, -0.05) is 34.1 Å². The lowest BCUT2D eigenvalue weighted by molar-refractivity contribution is -0.142. The standard InChI is InChI=1S/C17H32N4O6S/c1-5-9(4)12(18)15(24)19-10(6-22)14(23)21-13(8(2)3)16(25)20-11(7-28)17(26)27/h8-13,22,28H,5-7,18H2,1-4H3,(H,19,24)(H,20,25)(H,21,23)(H,26,27). The number of nitrogens with two attached hydrogens (primary N) is 1. The lowest BCUT2D eigenvalue weighted by Gasteiger charge is -2.26. The van der Waals surface area contributed by atoms with E-state index in [9.17, 15) is 24.3 Å². The molecule has 0 aromatic carbocycles. The van der Waals surface area contributed by atoms with Crippen molar-refractivity contribution in [3.05, 3.63) is 0 Å². The molecule has 0 spiro atoms. The number of carbonyl (C=O) groups is 4. The van der Waals surface area contributed by atoms with Crippen molar-refractivity contribution in [1.82, 2.24) is 16.0 Å². The first kappa shape index (κ1) is 26.1. The van der Waals surface area contributed by atoms with Crippen LogP contribution in [0.25, 0.3) is 0 Å². The molecule has 0 rings (SSSR count). The fourth-order valence-corrected chi connectivity index (χ4v) is 2.46. The zero-order chi connectivity index (χ0) is 22.0. The highest BCUT2D eigenvalue weighted by Crippen LogP contribution is 2.07. The van der Waals surface area contributed by atoms with Gasteiger partial charge < -0.3 is 31.9 Å². The summed E-state index contributed by atoms with van der Waals surface area (Å²) in [7, 11) is 0. The third kappa shape index (κ3) is 8.03. The normalized spacial score (nSPS) is 16.4. The number of rotatable bonds is 12. The first-order chi connectivity index (χ1) is 13.0. The summed E-state index contributed by atoms with van der Waals surface area (Å²) in [6.45, 7) is 6.29. The minimum atomic E-state index is -1.29. The second kappa shape index (κ2) is 12.6. The maximum absolute atomic E-state index is 12.4. The number of carboxylic acid groups (broad SMARTS) is 1. The third-order valence-electron chi connectivity index (χ3n) is 4.42. The van der Waals surface area contributed by atoms with Crippen LogP contribution in [0.15, 0.2) is 0 Å². The number of carboxylic acids is 1. The highest BCUT2D eigenvalue weighted by Gasteiger charge is 2.31. The zero-order valence-electron chi connectivity index (χ0n) is 16.6. The molecule has 0 saturated carbocycles. The maximum atomic E-state index is 12.4. The van der Waals surface area contributed by atoms with Crippen molar-refractivity contribution in [1.29, 1.82) is 0 Å². The van der Waals surface area contributed by atoms with Crippen molar-refractivity contribution in [3.63, 3.8) is 0 Å². The van der Waals surface area contributed by atoms with E-state index in [0.717, 1.165) is 0 Å². The summed E-state index contributed by atoms with van der Waals surface area (Å²) >= 11 is 3.87.